The highest BCUT2D eigenvalue weighted by atomic mass is 127. The van der Waals surface area contributed by atoms with E-state index in [1.54, 1.807) is 13.1 Å². The molecule has 0 aliphatic rings. The van der Waals surface area contributed by atoms with Crippen LogP contribution in [0.15, 0.2) is 47.7 Å². The van der Waals surface area contributed by atoms with E-state index in [0.717, 1.165) is 18.1 Å². The first-order chi connectivity index (χ1) is 13.5. The summed E-state index contributed by atoms with van der Waals surface area (Å²) >= 11 is 0. The Morgan fingerprint density at radius 3 is 2.52 bits per heavy atom. The lowest BCUT2D eigenvalue weighted by molar-refractivity contribution is 0.579. The molecule has 0 amide bonds. The summed E-state index contributed by atoms with van der Waals surface area (Å²) in [7, 11) is -3.13. The molecule has 29 heavy (non-hydrogen) atoms. The minimum Gasteiger partial charge on any atom is -0.357 e. The van der Waals surface area contributed by atoms with Gasteiger partial charge in [-0.25, -0.2) is 18.1 Å². The van der Waals surface area contributed by atoms with Crippen LogP contribution in [0.25, 0.3) is 0 Å². The Balaban J connectivity index is 0.00000420. The van der Waals surface area contributed by atoms with Crippen LogP contribution >= 0.6 is 24.0 Å². The van der Waals surface area contributed by atoms with Crippen molar-refractivity contribution in [2.75, 3.05) is 25.4 Å². The standard InChI is InChI=1S/C19H30N6O2S.HI/c1-3-20-19(21-11-7-13-24-28(26,27)4-2)22-15-17-9-5-6-10-18(17)16-25-14-8-12-23-25;/h5-6,8-10,12,14,24H,3-4,7,11,13,15-16H2,1-2H3,(H2,20,21,22);1H. The molecule has 3 N–H and O–H groups in total. The molecule has 10 heteroatoms. The van der Waals surface area contributed by atoms with Crippen molar-refractivity contribution in [3.8, 4) is 0 Å². The highest BCUT2D eigenvalue weighted by Gasteiger charge is 2.06. The maximum Gasteiger partial charge on any atom is 0.211 e. The highest BCUT2D eigenvalue weighted by Crippen LogP contribution is 2.11. The number of nitrogens with one attached hydrogen (secondary N) is 3. The van der Waals surface area contributed by atoms with Crippen molar-refractivity contribution in [2.24, 2.45) is 4.99 Å². The van der Waals surface area contributed by atoms with E-state index >= 15 is 0 Å². The molecule has 1 aromatic carbocycles. The molecule has 0 saturated heterocycles. The van der Waals surface area contributed by atoms with Crippen LogP contribution in [0.5, 0.6) is 0 Å². The van der Waals surface area contributed by atoms with Gasteiger partial charge in [0.25, 0.3) is 0 Å². The molecular weight excluding hydrogens is 503 g/mol. The largest absolute Gasteiger partial charge is 0.357 e. The Labute approximate surface area is 190 Å². The molecule has 1 heterocycles. The topological polar surface area (TPSA) is 100 Å². The molecule has 0 radical (unpaired) electrons. The van der Waals surface area contributed by atoms with Crippen LogP contribution in [0.1, 0.15) is 31.4 Å². The molecule has 0 atom stereocenters. The van der Waals surface area contributed by atoms with Gasteiger partial charge in [0.05, 0.1) is 18.8 Å². The quantitative estimate of drug-likeness (QED) is 0.177. The summed E-state index contributed by atoms with van der Waals surface area (Å²) in [5, 5.41) is 10.7. The van der Waals surface area contributed by atoms with E-state index in [2.05, 4.69) is 37.6 Å². The van der Waals surface area contributed by atoms with Gasteiger partial charge in [-0.2, -0.15) is 5.10 Å². The van der Waals surface area contributed by atoms with Crippen LogP contribution in [-0.2, 0) is 23.1 Å². The molecule has 1 aromatic heterocycles. The minimum atomic E-state index is -3.13. The molecule has 0 aliphatic carbocycles. The molecule has 2 rings (SSSR count). The van der Waals surface area contributed by atoms with Gasteiger partial charge < -0.3 is 10.6 Å². The van der Waals surface area contributed by atoms with Gasteiger partial charge in [-0.1, -0.05) is 24.3 Å². The van der Waals surface area contributed by atoms with Gasteiger partial charge in [-0.15, -0.1) is 24.0 Å². The van der Waals surface area contributed by atoms with Crippen molar-refractivity contribution in [3.05, 3.63) is 53.9 Å². The molecule has 0 bridgehead atoms. The first-order valence-electron chi connectivity index (χ1n) is 9.57. The van der Waals surface area contributed by atoms with E-state index in [0.29, 0.717) is 32.6 Å². The number of nitrogens with zero attached hydrogens (tertiary/aromatic N) is 3. The van der Waals surface area contributed by atoms with E-state index in [4.69, 9.17) is 0 Å². The number of hydrogen-bond acceptors (Lipinski definition) is 4. The zero-order valence-electron chi connectivity index (χ0n) is 17.0. The van der Waals surface area contributed by atoms with Crippen LogP contribution in [0.3, 0.4) is 0 Å². The SMILES string of the molecule is CCNC(=NCc1ccccc1Cn1cccn1)NCCCNS(=O)(=O)CC.I. The lowest BCUT2D eigenvalue weighted by Gasteiger charge is -2.13. The molecule has 2 aromatic rings. The molecule has 0 spiro atoms. The zero-order chi connectivity index (χ0) is 20.2. The summed E-state index contributed by atoms with van der Waals surface area (Å²) in [6.45, 7) is 6.69. The monoisotopic (exact) mass is 534 g/mol. The fourth-order valence-corrected chi connectivity index (χ4v) is 3.22. The molecule has 0 unspecified atom stereocenters. The maximum absolute atomic E-state index is 11.4. The smallest absolute Gasteiger partial charge is 0.211 e. The number of benzene rings is 1. The van der Waals surface area contributed by atoms with Gasteiger partial charge >= 0.3 is 0 Å². The summed E-state index contributed by atoms with van der Waals surface area (Å²) in [4.78, 5) is 4.66. The summed E-state index contributed by atoms with van der Waals surface area (Å²) < 4.78 is 27.3. The first-order valence-corrected chi connectivity index (χ1v) is 11.2. The van der Waals surface area contributed by atoms with Crippen LogP contribution in [-0.4, -0.2) is 49.5 Å². The highest BCUT2D eigenvalue weighted by molar-refractivity contribution is 14.0. The predicted octanol–water partition coefficient (Wildman–Crippen LogP) is 1.93. The number of halogens is 1. The van der Waals surface area contributed by atoms with Gasteiger partial charge in [-0.05, 0) is 37.5 Å². The number of hydrogen-bond donors (Lipinski definition) is 3. The lowest BCUT2D eigenvalue weighted by atomic mass is 10.1. The summed E-state index contributed by atoms with van der Waals surface area (Å²) in [5.74, 6) is 0.817. The van der Waals surface area contributed by atoms with Crippen LogP contribution in [0.2, 0.25) is 0 Å². The third-order valence-electron chi connectivity index (χ3n) is 4.11. The van der Waals surface area contributed by atoms with Crippen molar-refractivity contribution in [1.29, 1.82) is 0 Å². The normalized spacial score (nSPS) is 11.7. The number of guanidine groups is 1. The Bertz CT molecular complexity index is 840. The Morgan fingerprint density at radius 2 is 1.86 bits per heavy atom. The number of aliphatic imine (C=N–C) groups is 1. The second kappa shape index (κ2) is 13.5. The van der Waals surface area contributed by atoms with Crippen molar-refractivity contribution in [3.63, 3.8) is 0 Å². The third-order valence-corrected chi connectivity index (χ3v) is 5.51. The average Bonchev–Trinajstić information content (AvgIpc) is 3.20. The van der Waals surface area contributed by atoms with Crippen molar-refractivity contribution in [1.82, 2.24) is 25.1 Å². The second-order valence-electron chi connectivity index (χ2n) is 6.25. The van der Waals surface area contributed by atoms with E-state index in [9.17, 15) is 8.42 Å². The zero-order valence-corrected chi connectivity index (χ0v) is 20.1. The predicted molar refractivity (Wildman–Crippen MR) is 128 cm³/mol. The van der Waals surface area contributed by atoms with Gasteiger partial charge in [0.2, 0.25) is 10.0 Å². The Morgan fingerprint density at radius 1 is 1.10 bits per heavy atom. The molecule has 0 fully saturated rings. The molecule has 0 aliphatic heterocycles. The van der Waals surface area contributed by atoms with Crippen LogP contribution in [0.4, 0.5) is 0 Å². The Hall–Kier alpha value is -1.66. The Kier molecular flexibility index (Phi) is 11.9. The maximum atomic E-state index is 11.4. The van der Waals surface area contributed by atoms with E-state index in [1.807, 2.05) is 36.0 Å². The van der Waals surface area contributed by atoms with Crippen LogP contribution in [0, 0.1) is 0 Å². The summed E-state index contributed by atoms with van der Waals surface area (Å²) in [6, 6.07) is 10.1. The fraction of sp³-hybridized carbons (Fsp3) is 0.474. The molecular formula is C19H31IN6O2S. The van der Waals surface area contributed by atoms with E-state index in [1.165, 1.54) is 5.56 Å². The third kappa shape index (κ3) is 9.59. The molecule has 8 nitrogen and oxygen atoms in total. The van der Waals surface area contributed by atoms with Gasteiger partial charge in [0, 0.05) is 32.0 Å². The second-order valence-corrected chi connectivity index (χ2v) is 8.34. The van der Waals surface area contributed by atoms with E-state index < -0.39 is 10.0 Å². The first kappa shape index (κ1) is 25.4. The fourth-order valence-electron chi connectivity index (χ4n) is 2.57. The summed E-state index contributed by atoms with van der Waals surface area (Å²) in [6.07, 6.45) is 4.40. The van der Waals surface area contributed by atoms with Crippen molar-refractivity contribution >= 4 is 40.0 Å². The molecule has 0 saturated carbocycles. The number of sulfonamides is 1. The number of rotatable bonds is 11. The summed E-state index contributed by atoms with van der Waals surface area (Å²) in [5.41, 5.74) is 2.32. The van der Waals surface area contributed by atoms with E-state index in [-0.39, 0.29) is 29.7 Å². The van der Waals surface area contributed by atoms with Crippen molar-refractivity contribution < 1.29 is 8.42 Å². The van der Waals surface area contributed by atoms with Gasteiger partial charge in [-0.3, -0.25) is 4.68 Å². The number of aromatic nitrogens is 2. The van der Waals surface area contributed by atoms with Gasteiger partial charge in [0.1, 0.15) is 0 Å². The minimum absolute atomic E-state index is 0. The average molecular weight is 534 g/mol. The molecule has 162 valence electrons. The lowest BCUT2D eigenvalue weighted by Crippen LogP contribution is -2.38. The van der Waals surface area contributed by atoms with Gasteiger partial charge in [0.15, 0.2) is 5.96 Å². The van der Waals surface area contributed by atoms with Crippen molar-refractivity contribution in [2.45, 2.75) is 33.4 Å². The van der Waals surface area contributed by atoms with Crippen LogP contribution < -0.4 is 15.4 Å².